The van der Waals surface area contributed by atoms with E-state index in [1.165, 1.54) is 12.1 Å². The topological polar surface area (TPSA) is 93.3 Å². The third-order valence-electron chi connectivity index (χ3n) is 4.35. The molecule has 7 nitrogen and oxygen atoms in total. The van der Waals surface area contributed by atoms with Gasteiger partial charge in [-0.15, -0.1) is 0 Å². The molecule has 0 saturated carbocycles. The van der Waals surface area contributed by atoms with Crippen molar-refractivity contribution in [2.45, 2.75) is 0 Å². The van der Waals surface area contributed by atoms with Gasteiger partial charge in [0, 0.05) is 23.3 Å². The van der Waals surface area contributed by atoms with Crippen molar-refractivity contribution in [2.24, 2.45) is 5.10 Å². The fourth-order valence-electron chi connectivity index (χ4n) is 2.86. The molecule has 1 heterocycles. The minimum absolute atomic E-state index is 0.0338. The van der Waals surface area contributed by atoms with E-state index in [2.05, 4.69) is 20.5 Å². The van der Waals surface area contributed by atoms with Gasteiger partial charge in [0.05, 0.1) is 22.5 Å². The monoisotopic (exact) mass is 395 g/mol. The van der Waals surface area contributed by atoms with Crippen LogP contribution in [0.4, 0.5) is 11.6 Å². The van der Waals surface area contributed by atoms with Crippen LogP contribution in [0.25, 0.3) is 22.5 Å². The number of aromatic nitrogens is 2. The van der Waals surface area contributed by atoms with Crippen LogP contribution in [0.1, 0.15) is 5.56 Å². The molecule has 7 heteroatoms. The van der Waals surface area contributed by atoms with E-state index in [4.69, 9.17) is 0 Å². The minimum atomic E-state index is -0.437. The molecule has 3 aromatic carbocycles. The number of nitro benzene ring substituents is 1. The Morgan fingerprint density at radius 2 is 1.33 bits per heavy atom. The van der Waals surface area contributed by atoms with Crippen LogP contribution in [-0.2, 0) is 0 Å². The maximum absolute atomic E-state index is 10.8. The molecular formula is C23H17N5O2. The maximum Gasteiger partial charge on any atom is 0.269 e. The highest BCUT2D eigenvalue weighted by atomic mass is 16.6. The minimum Gasteiger partial charge on any atom is -0.258 e. The van der Waals surface area contributed by atoms with E-state index >= 15 is 0 Å². The molecule has 0 amide bonds. The van der Waals surface area contributed by atoms with Gasteiger partial charge in [-0.05, 0) is 23.8 Å². The van der Waals surface area contributed by atoms with Gasteiger partial charge in [-0.25, -0.2) is 15.4 Å². The molecule has 0 fully saturated rings. The highest BCUT2D eigenvalue weighted by Crippen LogP contribution is 2.25. The Morgan fingerprint density at radius 1 is 0.800 bits per heavy atom. The molecular weight excluding hydrogens is 378 g/mol. The van der Waals surface area contributed by atoms with Gasteiger partial charge in [0.25, 0.3) is 5.69 Å². The molecule has 0 atom stereocenters. The average molecular weight is 395 g/mol. The van der Waals surface area contributed by atoms with Crippen LogP contribution in [-0.4, -0.2) is 21.1 Å². The number of benzene rings is 3. The SMILES string of the molecule is O=[N+]([O-])c1ccc(/C=N\Nc2nc(-c3ccccc3)cc(-c3ccccc3)n2)cc1. The average Bonchev–Trinajstić information content (AvgIpc) is 2.80. The smallest absolute Gasteiger partial charge is 0.258 e. The lowest BCUT2D eigenvalue weighted by atomic mass is 10.1. The molecule has 1 N–H and O–H groups in total. The Hall–Kier alpha value is -4.39. The number of hydrazone groups is 1. The second kappa shape index (κ2) is 8.74. The molecule has 146 valence electrons. The largest absolute Gasteiger partial charge is 0.269 e. The summed E-state index contributed by atoms with van der Waals surface area (Å²) >= 11 is 0. The number of nitro groups is 1. The summed E-state index contributed by atoms with van der Waals surface area (Å²) in [6, 6.07) is 27.7. The molecule has 1 aromatic heterocycles. The van der Waals surface area contributed by atoms with Crippen molar-refractivity contribution in [1.82, 2.24) is 9.97 Å². The number of rotatable bonds is 6. The Morgan fingerprint density at radius 3 is 1.83 bits per heavy atom. The van der Waals surface area contributed by atoms with Crippen LogP contribution in [0.2, 0.25) is 0 Å². The van der Waals surface area contributed by atoms with Crippen molar-refractivity contribution in [3.8, 4) is 22.5 Å². The van der Waals surface area contributed by atoms with Gasteiger partial charge in [0.15, 0.2) is 0 Å². The zero-order valence-corrected chi connectivity index (χ0v) is 15.8. The summed E-state index contributed by atoms with van der Waals surface area (Å²) in [7, 11) is 0. The van der Waals surface area contributed by atoms with Crippen LogP contribution >= 0.6 is 0 Å². The van der Waals surface area contributed by atoms with E-state index in [0.717, 1.165) is 28.1 Å². The van der Waals surface area contributed by atoms with E-state index in [1.807, 2.05) is 66.7 Å². The predicted molar refractivity (Wildman–Crippen MR) is 117 cm³/mol. The van der Waals surface area contributed by atoms with Gasteiger partial charge in [-0.2, -0.15) is 5.10 Å². The standard InChI is InChI=1S/C23H17N5O2/c29-28(30)20-13-11-17(12-14-20)16-24-27-23-25-21(18-7-3-1-4-8-18)15-22(26-23)19-9-5-2-6-10-19/h1-16H,(H,25,26,27)/b24-16-. The molecule has 0 unspecified atom stereocenters. The number of anilines is 1. The van der Waals surface area contributed by atoms with Gasteiger partial charge in [-0.1, -0.05) is 60.7 Å². The lowest BCUT2D eigenvalue weighted by molar-refractivity contribution is -0.384. The lowest BCUT2D eigenvalue weighted by Crippen LogP contribution is -2.00. The van der Waals surface area contributed by atoms with Crippen molar-refractivity contribution >= 4 is 17.9 Å². The highest BCUT2D eigenvalue weighted by molar-refractivity contribution is 5.80. The second-order valence-corrected chi connectivity index (χ2v) is 6.41. The first-order valence-electron chi connectivity index (χ1n) is 9.22. The third-order valence-corrected chi connectivity index (χ3v) is 4.35. The first-order valence-corrected chi connectivity index (χ1v) is 9.22. The molecule has 4 aromatic rings. The summed E-state index contributed by atoms with van der Waals surface area (Å²) in [5.74, 6) is 0.355. The molecule has 30 heavy (non-hydrogen) atoms. The molecule has 0 bridgehead atoms. The van der Waals surface area contributed by atoms with Gasteiger partial charge in [-0.3, -0.25) is 10.1 Å². The maximum atomic E-state index is 10.8. The van der Waals surface area contributed by atoms with Crippen molar-refractivity contribution in [3.05, 3.63) is 107 Å². The van der Waals surface area contributed by atoms with Crippen molar-refractivity contribution < 1.29 is 4.92 Å². The summed E-state index contributed by atoms with van der Waals surface area (Å²) in [5.41, 5.74) is 7.11. The Labute approximate surface area is 172 Å². The van der Waals surface area contributed by atoms with Gasteiger partial charge in [0.1, 0.15) is 0 Å². The van der Waals surface area contributed by atoms with E-state index in [0.29, 0.717) is 5.95 Å². The first kappa shape index (κ1) is 18.9. The fraction of sp³-hybridized carbons (Fsp3) is 0. The number of non-ortho nitro benzene ring substituents is 1. The molecule has 0 aliphatic heterocycles. The molecule has 0 radical (unpaired) electrons. The Kier molecular flexibility index (Phi) is 5.52. The van der Waals surface area contributed by atoms with Gasteiger partial charge < -0.3 is 0 Å². The van der Waals surface area contributed by atoms with Crippen LogP contribution in [0.15, 0.2) is 96.1 Å². The Bertz CT molecular complexity index is 1120. The van der Waals surface area contributed by atoms with E-state index in [-0.39, 0.29) is 5.69 Å². The van der Waals surface area contributed by atoms with Crippen molar-refractivity contribution in [3.63, 3.8) is 0 Å². The van der Waals surface area contributed by atoms with Crippen molar-refractivity contribution in [1.29, 1.82) is 0 Å². The van der Waals surface area contributed by atoms with Crippen molar-refractivity contribution in [2.75, 3.05) is 5.43 Å². The molecule has 0 spiro atoms. The van der Waals surface area contributed by atoms with Crippen LogP contribution < -0.4 is 5.43 Å². The zero-order valence-electron chi connectivity index (χ0n) is 15.8. The number of hydrogen-bond acceptors (Lipinski definition) is 6. The summed E-state index contributed by atoms with van der Waals surface area (Å²) in [5, 5.41) is 14.9. The molecule has 0 aliphatic carbocycles. The predicted octanol–water partition coefficient (Wildman–Crippen LogP) is 5.16. The van der Waals surface area contributed by atoms with Crippen LogP contribution in [0.5, 0.6) is 0 Å². The van der Waals surface area contributed by atoms with E-state index < -0.39 is 4.92 Å². The van der Waals surface area contributed by atoms with Gasteiger partial charge >= 0.3 is 0 Å². The normalized spacial score (nSPS) is 10.8. The summed E-state index contributed by atoms with van der Waals surface area (Å²) in [6.45, 7) is 0. The summed E-state index contributed by atoms with van der Waals surface area (Å²) in [4.78, 5) is 19.5. The van der Waals surface area contributed by atoms with Crippen LogP contribution in [0.3, 0.4) is 0 Å². The summed E-state index contributed by atoms with van der Waals surface area (Å²) < 4.78 is 0. The Balaban J connectivity index is 1.62. The third kappa shape index (κ3) is 4.53. The quantitative estimate of drug-likeness (QED) is 0.276. The lowest BCUT2D eigenvalue weighted by Gasteiger charge is -2.08. The highest BCUT2D eigenvalue weighted by Gasteiger charge is 2.08. The van der Waals surface area contributed by atoms with E-state index in [1.54, 1.807) is 18.3 Å². The number of hydrogen-bond donors (Lipinski definition) is 1. The van der Waals surface area contributed by atoms with E-state index in [9.17, 15) is 10.1 Å². The van der Waals surface area contributed by atoms with Crippen LogP contribution in [0, 0.1) is 10.1 Å². The molecule has 0 saturated heterocycles. The summed E-state index contributed by atoms with van der Waals surface area (Å²) in [6.07, 6.45) is 1.56. The number of nitrogens with zero attached hydrogens (tertiary/aromatic N) is 4. The number of nitrogens with one attached hydrogen (secondary N) is 1. The molecule has 0 aliphatic rings. The first-order chi connectivity index (χ1) is 14.7. The zero-order chi connectivity index (χ0) is 20.8. The second-order valence-electron chi connectivity index (χ2n) is 6.41. The fourth-order valence-corrected chi connectivity index (χ4v) is 2.86. The van der Waals surface area contributed by atoms with Gasteiger partial charge in [0.2, 0.25) is 5.95 Å². The molecule has 4 rings (SSSR count).